The first-order chi connectivity index (χ1) is 32.7. The molecule has 386 valence electrons. The number of carbonyl (C=O) groups excluding carboxylic acids is 6. The molecule has 4 rings (SSSR count). The second-order valence-electron chi connectivity index (χ2n) is 20.4. The Morgan fingerprint density at radius 3 is 2.12 bits per heavy atom. The monoisotopic (exact) mass is 968 g/mol. The Morgan fingerprint density at radius 1 is 0.812 bits per heavy atom. The van der Waals surface area contributed by atoms with Gasteiger partial charge in [0.1, 0.15) is 11.6 Å². The van der Waals surface area contributed by atoms with Gasteiger partial charge in [0, 0.05) is 77.5 Å². The lowest BCUT2D eigenvalue weighted by Gasteiger charge is -2.41. The molecule has 0 spiro atoms. The molecule has 12 atom stereocenters. The first-order valence-electron chi connectivity index (χ1n) is 25.3. The maximum absolute atomic E-state index is 14.7. The van der Waals surface area contributed by atoms with Crippen molar-refractivity contribution in [3.05, 3.63) is 35.9 Å². The van der Waals surface area contributed by atoms with E-state index in [1.54, 1.807) is 35.6 Å². The third-order valence-corrected chi connectivity index (χ3v) is 15.4. The molecule has 2 heterocycles. The molecule has 2 unspecified atom stereocenters. The van der Waals surface area contributed by atoms with Gasteiger partial charge >= 0.3 is 11.9 Å². The van der Waals surface area contributed by atoms with Crippen molar-refractivity contribution in [3.63, 3.8) is 0 Å². The number of rotatable bonds is 31. The number of nitrogens with zero attached hydrogens (tertiary/aromatic N) is 3. The predicted octanol–water partition coefficient (Wildman–Crippen LogP) is 6.29. The summed E-state index contributed by atoms with van der Waals surface area (Å²) in [4.78, 5) is 111. The number of hydrogen-bond donors (Lipinski definition) is 2. The Morgan fingerprint density at radius 2 is 1.51 bits per heavy atom. The number of methoxy groups -OCH3 is 2. The Hall–Kier alpha value is -4.54. The maximum Gasteiger partial charge on any atom is 0.307 e. The first-order valence-corrected chi connectivity index (χ1v) is 25.3. The molecule has 0 aromatic heterocycles. The second-order valence-corrected chi connectivity index (χ2v) is 20.4. The summed E-state index contributed by atoms with van der Waals surface area (Å²) in [5.74, 6) is -6.37. The summed E-state index contributed by atoms with van der Waals surface area (Å²) in [6.45, 7) is 12.0. The highest BCUT2D eigenvalue weighted by Gasteiger charge is 2.52. The van der Waals surface area contributed by atoms with E-state index in [2.05, 4.69) is 0 Å². The molecule has 2 bridgehead atoms. The molecule has 3 amide bonds. The van der Waals surface area contributed by atoms with Crippen LogP contribution in [0.2, 0.25) is 0 Å². The SMILES string of the molecule is CC[C@H](C)C([C@@H](CC(=O)N1CCC[C@H]1[C@H](OC)[C@@H](C)C(=O)C[C@@H](Cc1ccccc1)C(=O)O)OC)N(C)C(=O)[C@@H](CC(=O)[C@@H]1[C@H]2CC[C@H](C2)N1C(=O)CCOCCCC(=O)C(C)CC(=O)O)C(C)C. The molecular formula is C53H81N3O13. The lowest BCUT2D eigenvalue weighted by Crippen LogP contribution is -2.54. The average molecular weight is 968 g/mol. The van der Waals surface area contributed by atoms with E-state index >= 15 is 0 Å². The van der Waals surface area contributed by atoms with Gasteiger partial charge in [-0.25, -0.2) is 0 Å². The van der Waals surface area contributed by atoms with E-state index in [1.165, 1.54) is 14.2 Å². The zero-order valence-corrected chi connectivity index (χ0v) is 42.6. The molecule has 1 aromatic carbocycles. The van der Waals surface area contributed by atoms with E-state index in [9.17, 15) is 43.5 Å². The largest absolute Gasteiger partial charge is 0.481 e. The van der Waals surface area contributed by atoms with Gasteiger partial charge < -0.3 is 39.1 Å². The van der Waals surface area contributed by atoms with E-state index in [1.807, 2.05) is 58.0 Å². The molecular weight excluding hydrogens is 887 g/mol. The van der Waals surface area contributed by atoms with Crippen molar-refractivity contribution in [3.8, 4) is 0 Å². The minimum Gasteiger partial charge on any atom is -0.481 e. The molecule has 69 heavy (non-hydrogen) atoms. The van der Waals surface area contributed by atoms with E-state index < -0.39 is 65.9 Å². The molecule has 16 heteroatoms. The van der Waals surface area contributed by atoms with Gasteiger partial charge in [-0.3, -0.25) is 38.4 Å². The summed E-state index contributed by atoms with van der Waals surface area (Å²) in [6, 6.07) is 7.56. The van der Waals surface area contributed by atoms with Gasteiger partial charge in [0.15, 0.2) is 5.78 Å². The standard InChI is InChI=1S/C53H81N3O13/c1-10-33(4)49(45(67-8)31-47(61)55-23-14-18-41(55)51(68-9)35(6)43(58)29-38(53(65)66)27-36-16-12-11-13-17-36)54(7)52(64)40(32(2)3)30-44(59)50-37-20-21-39(28-37)56(50)46(60)22-25-69-24-15-19-42(57)34(5)26-48(62)63/h11-13,16-17,32-35,37-41,45,49-51H,10,14-15,18-31H2,1-9H3,(H,62,63)(H,65,66)/t33-,34?,35-,37-,38+,39+,40-,41-,45+,49?,50-,51+/m0/s1. The summed E-state index contributed by atoms with van der Waals surface area (Å²) < 4.78 is 17.7. The van der Waals surface area contributed by atoms with Crippen LogP contribution in [0.4, 0.5) is 0 Å². The topological polar surface area (TPSA) is 214 Å². The molecule has 1 aromatic rings. The molecule has 16 nitrogen and oxygen atoms in total. The molecule has 2 aliphatic heterocycles. The number of likely N-dealkylation sites (N-methyl/N-ethyl adjacent to an activating group) is 1. The fraction of sp³-hybridized carbons (Fsp3) is 0.736. The van der Waals surface area contributed by atoms with Gasteiger partial charge in [0.2, 0.25) is 17.7 Å². The molecule has 0 radical (unpaired) electrons. The Labute approximate surface area is 409 Å². The third kappa shape index (κ3) is 15.2. The van der Waals surface area contributed by atoms with Crippen LogP contribution >= 0.6 is 0 Å². The first kappa shape index (κ1) is 57.0. The number of benzene rings is 1. The Kier molecular flexibility index (Phi) is 22.5. The van der Waals surface area contributed by atoms with E-state index in [4.69, 9.17) is 19.3 Å². The van der Waals surface area contributed by atoms with Gasteiger partial charge in [0.25, 0.3) is 0 Å². The van der Waals surface area contributed by atoms with Crippen LogP contribution in [0.25, 0.3) is 0 Å². The van der Waals surface area contributed by atoms with Crippen LogP contribution in [0.1, 0.15) is 131 Å². The molecule has 1 aliphatic carbocycles. The van der Waals surface area contributed by atoms with E-state index in [-0.39, 0.29) is 117 Å². The summed E-state index contributed by atoms with van der Waals surface area (Å²) in [7, 11) is 4.75. The number of hydrogen-bond acceptors (Lipinski definition) is 11. The number of ketones is 3. The fourth-order valence-electron chi connectivity index (χ4n) is 11.2. The maximum atomic E-state index is 14.7. The van der Waals surface area contributed by atoms with E-state index in [0.29, 0.717) is 32.2 Å². The van der Waals surface area contributed by atoms with Crippen molar-refractivity contribution in [2.75, 3.05) is 41.0 Å². The predicted molar refractivity (Wildman–Crippen MR) is 258 cm³/mol. The lowest BCUT2D eigenvalue weighted by molar-refractivity contribution is -0.150. The normalized spacial score (nSPS) is 22.3. The van der Waals surface area contributed by atoms with Crippen molar-refractivity contribution in [1.82, 2.24) is 14.7 Å². The summed E-state index contributed by atoms with van der Waals surface area (Å²) in [5.41, 5.74) is 0.828. The number of carbonyl (C=O) groups is 8. The van der Waals surface area contributed by atoms with Crippen molar-refractivity contribution in [1.29, 1.82) is 0 Å². The number of likely N-dealkylation sites (tertiary alicyclic amines) is 2. The zero-order chi connectivity index (χ0) is 51.1. The second kappa shape index (κ2) is 27.2. The molecule has 2 saturated heterocycles. The summed E-state index contributed by atoms with van der Waals surface area (Å²) >= 11 is 0. The number of ether oxygens (including phenoxy) is 3. The molecule has 1 saturated carbocycles. The molecule has 2 N–H and O–H groups in total. The quantitative estimate of drug-likeness (QED) is 0.0785. The molecule has 3 fully saturated rings. The molecule has 3 aliphatic rings. The number of aliphatic carboxylic acids is 2. The number of amides is 3. The Balaban J connectivity index is 1.40. The van der Waals surface area contributed by atoms with Gasteiger partial charge in [-0.05, 0) is 68.3 Å². The van der Waals surface area contributed by atoms with Crippen molar-refractivity contribution in [2.45, 2.75) is 168 Å². The van der Waals surface area contributed by atoms with Crippen molar-refractivity contribution >= 4 is 47.0 Å². The van der Waals surface area contributed by atoms with Crippen LogP contribution in [-0.4, -0.2) is 149 Å². The smallest absolute Gasteiger partial charge is 0.307 e. The van der Waals surface area contributed by atoms with Crippen molar-refractivity contribution < 1.29 is 62.8 Å². The minimum absolute atomic E-state index is 0.0121. The van der Waals surface area contributed by atoms with Crippen LogP contribution in [0, 0.1) is 41.4 Å². The highest BCUT2D eigenvalue weighted by molar-refractivity contribution is 5.94. The number of carboxylic acid groups (broad SMARTS) is 2. The highest BCUT2D eigenvalue weighted by atomic mass is 16.5. The number of Topliss-reactive ketones (excluding diaryl/α,β-unsaturated/α-hetero) is 3. The number of fused-ring (bicyclic) bond motifs is 2. The Bertz CT molecular complexity index is 1910. The van der Waals surface area contributed by atoms with Gasteiger partial charge in [-0.2, -0.15) is 0 Å². The van der Waals surface area contributed by atoms with Crippen LogP contribution in [-0.2, 0) is 59.0 Å². The average Bonchev–Trinajstić information content (AvgIpc) is 4.09. The zero-order valence-electron chi connectivity index (χ0n) is 42.6. The van der Waals surface area contributed by atoms with Crippen LogP contribution in [0.3, 0.4) is 0 Å². The highest BCUT2D eigenvalue weighted by Crippen LogP contribution is 2.44. The summed E-state index contributed by atoms with van der Waals surface area (Å²) in [5, 5.41) is 19.0. The van der Waals surface area contributed by atoms with Crippen molar-refractivity contribution in [2.24, 2.45) is 41.4 Å². The minimum atomic E-state index is -1.05. The fourth-order valence-corrected chi connectivity index (χ4v) is 11.2. The van der Waals surface area contributed by atoms with Gasteiger partial charge in [0.05, 0.1) is 62.1 Å². The number of piperidine rings is 1. The van der Waals surface area contributed by atoms with E-state index in [0.717, 1.165) is 24.8 Å². The number of carboxylic acids is 2. The lowest BCUT2D eigenvalue weighted by atomic mass is 9.83. The van der Waals surface area contributed by atoms with Gasteiger partial charge in [-0.15, -0.1) is 0 Å². The van der Waals surface area contributed by atoms with Crippen LogP contribution in [0.5, 0.6) is 0 Å². The van der Waals surface area contributed by atoms with Gasteiger partial charge in [-0.1, -0.05) is 78.3 Å². The summed E-state index contributed by atoms with van der Waals surface area (Å²) in [6.07, 6.45) is 3.39. The van der Waals surface area contributed by atoms with Crippen LogP contribution < -0.4 is 0 Å². The van der Waals surface area contributed by atoms with Crippen LogP contribution in [0.15, 0.2) is 30.3 Å². The third-order valence-electron chi connectivity index (χ3n) is 15.4.